The number of fused-ring (bicyclic) bond motifs is 1. The second-order valence-corrected chi connectivity index (χ2v) is 6.74. The lowest BCUT2D eigenvalue weighted by Crippen LogP contribution is -2.43. The van der Waals surface area contributed by atoms with Crippen LogP contribution in [-0.2, 0) is 11.3 Å². The van der Waals surface area contributed by atoms with Crippen molar-refractivity contribution < 1.29 is 4.74 Å². The van der Waals surface area contributed by atoms with Crippen LogP contribution in [0.4, 0.5) is 0 Å². The quantitative estimate of drug-likeness (QED) is 0.371. The summed E-state index contributed by atoms with van der Waals surface area (Å²) in [5, 5.41) is 12.0. The molecule has 0 fully saturated rings. The van der Waals surface area contributed by atoms with Gasteiger partial charge in [0.25, 0.3) is 0 Å². The Kier molecular flexibility index (Phi) is 8.30. The lowest BCUT2D eigenvalue weighted by molar-refractivity contribution is 0.106. The zero-order chi connectivity index (χ0) is 18.5. The van der Waals surface area contributed by atoms with E-state index >= 15 is 0 Å². The normalized spacial score (nSPS) is 17.6. The third-order valence-corrected chi connectivity index (χ3v) is 4.75. The molecule has 0 saturated heterocycles. The molecule has 148 valence electrons. The Balaban J connectivity index is 0.00000261. The number of hydrogen-bond acceptors (Lipinski definition) is 4. The van der Waals surface area contributed by atoms with E-state index in [1.807, 2.05) is 35.9 Å². The van der Waals surface area contributed by atoms with Gasteiger partial charge in [0.15, 0.2) is 5.96 Å². The number of aryl methyl sites for hydroxylation is 2. The van der Waals surface area contributed by atoms with E-state index in [1.165, 1.54) is 0 Å². The van der Waals surface area contributed by atoms with Gasteiger partial charge < -0.3 is 15.4 Å². The minimum absolute atomic E-state index is 0. The zero-order valence-corrected chi connectivity index (χ0v) is 18.9. The van der Waals surface area contributed by atoms with E-state index in [0.717, 1.165) is 42.6 Å². The van der Waals surface area contributed by atoms with E-state index in [4.69, 9.17) is 16.3 Å². The molecular weight excluding hydrogens is 479 g/mol. The van der Waals surface area contributed by atoms with Crippen LogP contribution >= 0.6 is 35.6 Å². The Morgan fingerprint density at radius 1 is 1.41 bits per heavy atom. The molecule has 2 unspecified atom stereocenters. The Labute approximate surface area is 182 Å². The van der Waals surface area contributed by atoms with E-state index in [1.54, 1.807) is 14.2 Å². The first kappa shape index (κ1) is 21.9. The monoisotopic (exact) mass is 504 g/mol. The fraction of sp³-hybridized carbons (Fsp3) is 0.500. The predicted molar refractivity (Wildman–Crippen MR) is 118 cm³/mol. The first-order valence-corrected chi connectivity index (χ1v) is 9.15. The number of aliphatic imine (C=N–C) groups is 1. The number of halogens is 2. The lowest BCUT2D eigenvalue weighted by Gasteiger charge is -2.26. The highest BCUT2D eigenvalue weighted by atomic mass is 127. The summed E-state index contributed by atoms with van der Waals surface area (Å²) >= 11 is 5.96. The summed E-state index contributed by atoms with van der Waals surface area (Å²) in [5.41, 5.74) is 1.06. The van der Waals surface area contributed by atoms with Gasteiger partial charge in [0.1, 0.15) is 11.6 Å². The van der Waals surface area contributed by atoms with Crippen LogP contribution in [0.1, 0.15) is 42.2 Å². The molecule has 1 aliphatic rings. The molecule has 1 aromatic carbocycles. The number of rotatable bonds is 5. The smallest absolute Gasteiger partial charge is 0.191 e. The van der Waals surface area contributed by atoms with Crippen LogP contribution in [0, 0.1) is 6.92 Å². The molecule has 7 nitrogen and oxygen atoms in total. The number of guanidine groups is 1. The van der Waals surface area contributed by atoms with Gasteiger partial charge in [-0.25, -0.2) is 9.67 Å². The van der Waals surface area contributed by atoms with Crippen LogP contribution in [0.3, 0.4) is 0 Å². The number of hydrogen-bond donors (Lipinski definition) is 2. The van der Waals surface area contributed by atoms with Gasteiger partial charge in [-0.3, -0.25) is 4.99 Å². The average Bonchev–Trinajstić information content (AvgIpc) is 3.03. The molecule has 0 radical (unpaired) electrons. The molecule has 2 aromatic rings. The predicted octanol–water partition coefficient (Wildman–Crippen LogP) is 3.25. The van der Waals surface area contributed by atoms with Crippen LogP contribution in [0.15, 0.2) is 29.3 Å². The molecule has 2 heterocycles. The van der Waals surface area contributed by atoms with Crippen molar-refractivity contribution in [2.24, 2.45) is 4.99 Å². The number of nitrogens with one attached hydrogen (secondary N) is 2. The topological polar surface area (TPSA) is 76.4 Å². The Bertz CT molecular complexity index is 764. The van der Waals surface area contributed by atoms with Gasteiger partial charge in [0.2, 0.25) is 0 Å². The van der Waals surface area contributed by atoms with Gasteiger partial charge in [-0.15, -0.1) is 24.0 Å². The maximum atomic E-state index is 5.96. The van der Waals surface area contributed by atoms with E-state index < -0.39 is 0 Å². The largest absolute Gasteiger partial charge is 0.375 e. The highest BCUT2D eigenvalue weighted by Gasteiger charge is 2.24. The molecular formula is C18H26ClIN6O. The third kappa shape index (κ3) is 5.55. The van der Waals surface area contributed by atoms with Gasteiger partial charge in [-0.05, 0) is 37.5 Å². The minimum Gasteiger partial charge on any atom is -0.375 e. The number of nitrogens with zero attached hydrogens (tertiary/aromatic N) is 4. The molecule has 3 rings (SSSR count). The fourth-order valence-corrected chi connectivity index (χ4v) is 3.29. The van der Waals surface area contributed by atoms with Crippen molar-refractivity contribution in [2.45, 2.75) is 38.5 Å². The molecule has 0 bridgehead atoms. The maximum absolute atomic E-state index is 5.96. The Morgan fingerprint density at radius 2 is 2.15 bits per heavy atom. The van der Waals surface area contributed by atoms with E-state index in [0.29, 0.717) is 11.6 Å². The first-order valence-electron chi connectivity index (χ1n) is 8.77. The van der Waals surface area contributed by atoms with E-state index in [-0.39, 0.29) is 36.1 Å². The highest BCUT2D eigenvalue weighted by molar-refractivity contribution is 14.0. The number of benzene rings is 1. The molecule has 27 heavy (non-hydrogen) atoms. The van der Waals surface area contributed by atoms with Crippen molar-refractivity contribution in [3.05, 3.63) is 46.5 Å². The van der Waals surface area contributed by atoms with Crippen molar-refractivity contribution in [3.63, 3.8) is 0 Å². The molecule has 0 spiro atoms. The summed E-state index contributed by atoms with van der Waals surface area (Å²) < 4.78 is 7.59. The number of aromatic nitrogens is 3. The average molecular weight is 505 g/mol. The molecule has 9 heteroatoms. The summed E-state index contributed by atoms with van der Waals surface area (Å²) in [6.07, 6.45) is 1.97. The van der Waals surface area contributed by atoms with E-state index in [2.05, 4.69) is 25.7 Å². The van der Waals surface area contributed by atoms with Gasteiger partial charge in [-0.2, -0.15) is 5.10 Å². The van der Waals surface area contributed by atoms with Gasteiger partial charge in [0.05, 0.1) is 12.1 Å². The molecule has 0 saturated carbocycles. The molecule has 1 aliphatic heterocycles. The van der Waals surface area contributed by atoms with Crippen LogP contribution in [-0.4, -0.2) is 41.4 Å². The van der Waals surface area contributed by atoms with Gasteiger partial charge >= 0.3 is 0 Å². The SMILES string of the molecule is CN=C(NCC(OC)c1ccc(Cl)cc1)NC1CCCn2nc(C)nc21.I. The first-order chi connectivity index (χ1) is 12.6. The van der Waals surface area contributed by atoms with Crippen molar-refractivity contribution in [1.29, 1.82) is 0 Å². The summed E-state index contributed by atoms with van der Waals surface area (Å²) in [4.78, 5) is 8.89. The Hall–Kier alpha value is -1.39. The zero-order valence-electron chi connectivity index (χ0n) is 15.8. The number of ether oxygens (including phenoxy) is 1. The second-order valence-electron chi connectivity index (χ2n) is 6.31. The highest BCUT2D eigenvalue weighted by Crippen LogP contribution is 2.23. The molecule has 0 amide bonds. The molecule has 2 N–H and O–H groups in total. The summed E-state index contributed by atoms with van der Waals surface area (Å²) in [6, 6.07) is 7.79. The lowest BCUT2D eigenvalue weighted by atomic mass is 10.1. The summed E-state index contributed by atoms with van der Waals surface area (Å²) in [5.74, 6) is 2.50. The molecule has 1 aromatic heterocycles. The minimum atomic E-state index is -0.0944. The molecule has 0 aliphatic carbocycles. The van der Waals surface area contributed by atoms with Gasteiger partial charge in [0, 0.05) is 32.3 Å². The van der Waals surface area contributed by atoms with Gasteiger partial charge in [-0.1, -0.05) is 23.7 Å². The van der Waals surface area contributed by atoms with Crippen molar-refractivity contribution in [2.75, 3.05) is 20.7 Å². The molecule has 2 atom stereocenters. The third-order valence-electron chi connectivity index (χ3n) is 4.50. The van der Waals surface area contributed by atoms with Crippen LogP contribution < -0.4 is 10.6 Å². The van der Waals surface area contributed by atoms with Crippen LogP contribution in [0.25, 0.3) is 0 Å². The van der Waals surface area contributed by atoms with Crippen molar-refractivity contribution in [1.82, 2.24) is 25.4 Å². The van der Waals surface area contributed by atoms with Crippen molar-refractivity contribution >= 4 is 41.5 Å². The van der Waals surface area contributed by atoms with Crippen molar-refractivity contribution in [3.8, 4) is 0 Å². The standard InChI is InChI=1S/C18H25ClN6O.HI/c1-12-22-17-15(5-4-10-25(17)24-12)23-18(20-2)21-11-16(26-3)13-6-8-14(19)9-7-13;/h6-9,15-16H,4-5,10-11H2,1-3H3,(H2,20,21,23);1H. The van der Waals surface area contributed by atoms with Crippen LogP contribution in [0.2, 0.25) is 5.02 Å². The summed E-state index contributed by atoms with van der Waals surface area (Å²) in [7, 11) is 3.46. The maximum Gasteiger partial charge on any atom is 0.191 e. The Morgan fingerprint density at radius 3 is 2.81 bits per heavy atom. The number of methoxy groups -OCH3 is 1. The van der Waals surface area contributed by atoms with Crippen LogP contribution in [0.5, 0.6) is 0 Å². The summed E-state index contributed by atoms with van der Waals surface area (Å²) in [6.45, 7) is 3.43. The fourth-order valence-electron chi connectivity index (χ4n) is 3.17. The van der Waals surface area contributed by atoms with E-state index in [9.17, 15) is 0 Å². The second kappa shape index (κ2) is 10.2.